The van der Waals surface area contributed by atoms with E-state index in [2.05, 4.69) is 25.8 Å². The van der Waals surface area contributed by atoms with Gasteiger partial charge in [0.2, 0.25) is 0 Å². The Morgan fingerprint density at radius 2 is 2.31 bits per heavy atom. The second kappa shape index (κ2) is 6.30. The zero-order valence-corrected chi connectivity index (χ0v) is 10.3. The van der Waals surface area contributed by atoms with Crippen LogP contribution < -0.4 is 0 Å². The van der Waals surface area contributed by atoms with Gasteiger partial charge in [-0.3, -0.25) is 4.79 Å². The van der Waals surface area contributed by atoms with Gasteiger partial charge in [-0.15, -0.1) is 0 Å². The van der Waals surface area contributed by atoms with Crippen molar-refractivity contribution in [2.75, 3.05) is 6.61 Å². The molecule has 0 spiro atoms. The van der Waals surface area contributed by atoms with E-state index in [9.17, 15) is 4.79 Å². The molecule has 0 aliphatic carbocycles. The van der Waals surface area contributed by atoms with Crippen molar-refractivity contribution >= 4 is 5.97 Å². The topological polar surface area (TPSA) is 44.1 Å². The van der Waals surface area contributed by atoms with Gasteiger partial charge in [-0.25, -0.2) is 4.98 Å². The van der Waals surface area contributed by atoms with Crippen molar-refractivity contribution in [1.82, 2.24) is 9.55 Å². The molecule has 16 heavy (non-hydrogen) atoms. The summed E-state index contributed by atoms with van der Waals surface area (Å²) in [6.45, 7) is 6.96. The zero-order chi connectivity index (χ0) is 12.0. The minimum atomic E-state index is -0.187. The average Bonchev–Trinajstić information content (AvgIpc) is 2.66. The standard InChI is InChI=1S/C12H20N2O2/c1-4-5-8-16-11(15)9-14-7-6-13-12(14)10(2)3/h6-7,10H,4-5,8-9H2,1-3H3. The molecule has 0 aromatic carbocycles. The first-order valence-corrected chi connectivity index (χ1v) is 5.81. The molecule has 0 fully saturated rings. The number of esters is 1. The SMILES string of the molecule is CCCCOC(=O)Cn1ccnc1C(C)C. The molecule has 0 atom stereocenters. The number of carbonyl (C=O) groups excluding carboxylic acids is 1. The lowest BCUT2D eigenvalue weighted by Gasteiger charge is -2.09. The van der Waals surface area contributed by atoms with Gasteiger partial charge in [0, 0.05) is 18.3 Å². The maximum absolute atomic E-state index is 11.5. The third kappa shape index (κ3) is 3.68. The number of nitrogens with zero attached hydrogens (tertiary/aromatic N) is 2. The molecule has 4 nitrogen and oxygen atoms in total. The van der Waals surface area contributed by atoms with Crippen LogP contribution in [0.2, 0.25) is 0 Å². The van der Waals surface area contributed by atoms with Gasteiger partial charge in [-0.05, 0) is 6.42 Å². The van der Waals surface area contributed by atoms with Crippen molar-refractivity contribution in [3.8, 4) is 0 Å². The van der Waals surface area contributed by atoms with Crippen molar-refractivity contribution in [2.24, 2.45) is 0 Å². The second-order valence-electron chi connectivity index (χ2n) is 4.14. The van der Waals surface area contributed by atoms with Crippen LogP contribution in [0.25, 0.3) is 0 Å². The highest BCUT2D eigenvalue weighted by Crippen LogP contribution is 2.11. The molecule has 90 valence electrons. The molecule has 0 amide bonds. The summed E-state index contributed by atoms with van der Waals surface area (Å²) < 4.78 is 6.95. The minimum Gasteiger partial charge on any atom is -0.464 e. The average molecular weight is 224 g/mol. The van der Waals surface area contributed by atoms with Crippen LogP contribution in [0.15, 0.2) is 12.4 Å². The molecule has 4 heteroatoms. The molecule has 0 unspecified atom stereocenters. The number of ether oxygens (including phenoxy) is 1. The van der Waals surface area contributed by atoms with Crippen molar-refractivity contribution in [3.05, 3.63) is 18.2 Å². The van der Waals surface area contributed by atoms with Crippen molar-refractivity contribution < 1.29 is 9.53 Å². The van der Waals surface area contributed by atoms with Crippen molar-refractivity contribution in [1.29, 1.82) is 0 Å². The Hall–Kier alpha value is -1.32. The predicted octanol–water partition coefficient (Wildman–Crippen LogP) is 2.35. The van der Waals surface area contributed by atoms with Crippen molar-refractivity contribution in [2.45, 2.75) is 46.1 Å². The fraction of sp³-hybridized carbons (Fsp3) is 0.667. The second-order valence-corrected chi connectivity index (χ2v) is 4.14. The third-order valence-electron chi connectivity index (χ3n) is 2.32. The summed E-state index contributed by atoms with van der Waals surface area (Å²) in [5.41, 5.74) is 0. The summed E-state index contributed by atoms with van der Waals surface area (Å²) >= 11 is 0. The Labute approximate surface area is 96.6 Å². The quantitative estimate of drug-likeness (QED) is 0.550. The summed E-state index contributed by atoms with van der Waals surface area (Å²) in [6.07, 6.45) is 5.49. The van der Waals surface area contributed by atoms with E-state index in [4.69, 9.17) is 4.74 Å². The highest BCUT2D eigenvalue weighted by Gasteiger charge is 2.10. The number of unbranched alkanes of at least 4 members (excludes halogenated alkanes) is 1. The van der Waals surface area contributed by atoms with Crippen LogP contribution in [0.4, 0.5) is 0 Å². The molecule has 0 bridgehead atoms. The van der Waals surface area contributed by atoms with E-state index < -0.39 is 0 Å². The number of hydrogen-bond donors (Lipinski definition) is 0. The molecule has 0 saturated heterocycles. The molecule has 0 aliphatic rings. The van der Waals surface area contributed by atoms with Gasteiger partial charge < -0.3 is 9.30 Å². The molecule has 0 saturated carbocycles. The Morgan fingerprint density at radius 3 is 2.94 bits per heavy atom. The van der Waals surface area contributed by atoms with Crippen LogP contribution in [0, 0.1) is 0 Å². The summed E-state index contributed by atoms with van der Waals surface area (Å²) in [7, 11) is 0. The van der Waals surface area contributed by atoms with Gasteiger partial charge >= 0.3 is 5.97 Å². The van der Waals surface area contributed by atoms with Crippen LogP contribution in [0.1, 0.15) is 45.4 Å². The highest BCUT2D eigenvalue weighted by atomic mass is 16.5. The van der Waals surface area contributed by atoms with Crippen LogP contribution in [-0.2, 0) is 16.1 Å². The molecule has 1 aromatic heterocycles. The first kappa shape index (κ1) is 12.7. The van der Waals surface area contributed by atoms with Gasteiger partial charge in [-0.2, -0.15) is 0 Å². The first-order chi connectivity index (χ1) is 7.65. The maximum Gasteiger partial charge on any atom is 0.325 e. The van der Waals surface area contributed by atoms with Gasteiger partial charge in [0.1, 0.15) is 12.4 Å². The molecular formula is C12H20N2O2. The summed E-state index contributed by atoms with van der Waals surface area (Å²) in [5.74, 6) is 1.05. The van der Waals surface area contributed by atoms with E-state index in [1.165, 1.54) is 0 Å². The van der Waals surface area contributed by atoms with Gasteiger partial charge in [0.15, 0.2) is 0 Å². The Bertz CT molecular complexity index is 332. The highest BCUT2D eigenvalue weighted by molar-refractivity contribution is 5.69. The van der Waals surface area contributed by atoms with Crippen LogP contribution in [0.3, 0.4) is 0 Å². The molecule has 1 rings (SSSR count). The van der Waals surface area contributed by atoms with E-state index in [1.54, 1.807) is 6.20 Å². The molecule has 1 aromatic rings. The van der Waals surface area contributed by atoms with E-state index >= 15 is 0 Å². The fourth-order valence-electron chi connectivity index (χ4n) is 1.47. The van der Waals surface area contributed by atoms with E-state index in [-0.39, 0.29) is 12.5 Å². The Kier molecular flexibility index (Phi) is 5.02. The smallest absolute Gasteiger partial charge is 0.325 e. The summed E-state index contributed by atoms with van der Waals surface area (Å²) in [6, 6.07) is 0. The fourth-order valence-corrected chi connectivity index (χ4v) is 1.47. The minimum absolute atomic E-state index is 0.187. The number of aromatic nitrogens is 2. The molecule has 1 heterocycles. The maximum atomic E-state index is 11.5. The lowest BCUT2D eigenvalue weighted by Crippen LogP contribution is -2.16. The predicted molar refractivity (Wildman–Crippen MR) is 62.2 cm³/mol. The normalized spacial score (nSPS) is 10.8. The Balaban J connectivity index is 2.46. The van der Waals surface area contributed by atoms with Gasteiger partial charge in [-0.1, -0.05) is 27.2 Å². The number of rotatable bonds is 6. The van der Waals surface area contributed by atoms with E-state index in [0.717, 1.165) is 18.7 Å². The molecular weight excluding hydrogens is 204 g/mol. The monoisotopic (exact) mass is 224 g/mol. The van der Waals surface area contributed by atoms with E-state index in [0.29, 0.717) is 12.5 Å². The van der Waals surface area contributed by atoms with Gasteiger partial charge in [0.25, 0.3) is 0 Å². The number of hydrogen-bond acceptors (Lipinski definition) is 3. The van der Waals surface area contributed by atoms with E-state index in [1.807, 2.05) is 10.8 Å². The first-order valence-electron chi connectivity index (χ1n) is 5.81. The van der Waals surface area contributed by atoms with Gasteiger partial charge in [0.05, 0.1) is 6.61 Å². The lowest BCUT2D eigenvalue weighted by atomic mass is 10.2. The van der Waals surface area contributed by atoms with Crippen molar-refractivity contribution in [3.63, 3.8) is 0 Å². The van der Waals surface area contributed by atoms with Crippen LogP contribution >= 0.6 is 0 Å². The largest absolute Gasteiger partial charge is 0.464 e. The Morgan fingerprint density at radius 1 is 1.56 bits per heavy atom. The lowest BCUT2D eigenvalue weighted by molar-refractivity contribution is -0.144. The molecule has 0 radical (unpaired) electrons. The molecule has 0 N–H and O–H groups in total. The number of carbonyl (C=O) groups is 1. The molecule has 0 aliphatic heterocycles. The van der Waals surface area contributed by atoms with Crippen LogP contribution in [-0.4, -0.2) is 22.1 Å². The van der Waals surface area contributed by atoms with Crippen LogP contribution in [0.5, 0.6) is 0 Å². The zero-order valence-electron chi connectivity index (χ0n) is 10.3. The number of imidazole rings is 1. The summed E-state index contributed by atoms with van der Waals surface area (Å²) in [5, 5.41) is 0. The third-order valence-corrected chi connectivity index (χ3v) is 2.32. The summed E-state index contributed by atoms with van der Waals surface area (Å²) in [4.78, 5) is 15.7.